The lowest BCUT2D eigenvalue weighted by Gasteiger charge is -2.21. The van der Waals surface area contributed by atoms with E-state index in [1.54, 1.807) is 23.5 Å². The monoisotopic (exact) mass is 472 g/mol. The molecule has 2 heterocycles. The highest BCUT2D eigenvalue weighted by atomic mass is 32.2. The maximum absolute atomic E-state index is 13.5. The molecule has 4 nitrogen and oxygen atoms in total. The van der Waals surface area contributed by atoms with Gasteiger partial charge in [0.25, 0.3) is 0 Å². The summed E-state index contributed by atoms with van der Waals surface area (Å²) in [4.78, 5) is 4.86. The third kappa shape index (κ3) is 4.25. The Balaban J connectivity index is 1.73. The molecule has 2 aromatic heterocycles. The van der Waals surface area contributed by atoms with Crippen molar-refractivity contribution in [2.24, 2.45) is 0 Å². The van der Waals surface area contributed by atoms with Gasteiger partial charge >= 0.3 is 0 Å². The molecule has 0 saturated carbocycles. The molecule has 0 aliphatic rings. The lowest BCUT2D eigenvalue weighted by molar-refractivity contribution is 0.572. The molecule has 0 aliphatic heterocycles. The molecular weight excluding hydrogens is 448 g/mol. The highest BCUT2D eigenvalue weighted by Gasteiger charge is 2.28. The summed E-state index contributed by atoms with van der Waals surface area (Å²) in [6, 6.07) is 26.5. The zero-order valence-corrected chi connectivity index (χ0v) is 20.0. The van der Waals surface area contributed by atoms with E-state index < -0.39 is 16.1 Å². The van der Waals surface area contributed by atoms with E-state index in [1.165, 1.54) is 0 Å². The molecule has 5 rings (SSSR count). The van der Waals surface area contributed by atoms with Crippen LogP contribution in [0.15, 0.2) is 95.2 Å². The minimum absolute atomic E-state index is 0.253. The number of rotatable bonds is 6. The summed E-state index contributed by atoms with van der Waals surface area (Å²) in [5, 5.41) is 3.03. The van der Waals surface area contributed by atoms with Crippen LogP contribution in [0.25, 0.3) is 21.5 Å². The molecule has 0 bridgehead atoms. The van der Waals surface area contributed by atoms with Gasteiger partial charge in [0.05, 0.1) is 21.5 Å². The first kappa shape index (κ1) is 21.6. The summed E-state index contributed by atoms with van der Waals surface area (Å²) in [7, 11) is -3.78. The number of sulfonamides is 1. The third-order valence-corrected chi connectivity index (χ3v) is 8.11. The second-order valence-electron chi connectivity index (χ2n) is 8.22. The van der Waals surface area contributed by atoms with Crippen LogP contribution in [0.2, 0.25) is 0 Å². The van der Waals surface area contributed by atoms with Gasteiger partial charge in [0.15, 0.2) is 0 Å². The van der Waals surface area contributed by atoms with Crippen LogP contribution in [-0.2, 0) is 10.0 Å². The Morgan fingerprint density at radius 1 is 0.848 bits per heavy atom. The molecule has 0 saturated heterocycles. The van der Waals surface area contributed by atoms with Gasteiger partial charge in [-0.2, -0.15) is 4.72 Å². The highest BCUT2D eigenvalue weighted by Crippen LogP contribution is 2.40. The van der Waals surface area contributed by atoms with Crippen molar-refractivity contribution in [1.29, 1.82) is 0 Å². The van der Waals surface area contributed by atoms with E-state index in [0.717, 1.165) is 43.7 Å². The molecule has 0 aliphatic carbocycles. The van der Waals surface area contributed by atoms with Crippen LogP contribution < -0.4 is 4.72 Å². The quantitative estimate of drug-likeness (QED) is 0.293. The van der Waals surface area contributed by atoms with Crippen LogP contribution in [0.4, 0.5) is 0 Å². The van der Waals surface area contributed by atoms with Crippen molar-refractivity contribution in [3.8, 4) is 10.6 Å². The molecule has 166 valence electrons. The molecule has 5 aromatic rings. The van der Waals surface area contributed by atoms with Crippen molar-refractivity contribution in [1.82, 2.24) is 9.71 Å². The predicted molar refractivity (Wildman–Crippen MR) is 136 cm³/mol. The summed E-state index contributed by atoms with van der Waals surface area (Å²) in [6.45, 7) is 3.96. The smallest absolute Gasteiger partial charge is 0.241 e. The van der Waals surface area contributed by atoms with Crippen molar-refractivity contribution in [3.63, 3.8) is 0 Å². The minimum Gasteiger partial charge on any atom is -0.354 e. The minimum atomic E-state index is -3.78. The molecule has 3 aromatic carbocycles. The lowest BCUT2D eigenvalue weighted by Crippen LogP contribution is -2.29. The number of aromatic amines is 1. The van der Waals surface area contributed by atoms with Gasteiger partial charge in [0.1, 0.15) is 0 Å². The number of nitrogens with one attached hydrogen (secondary N) is 2. The highest BCUT2D eigenvalue weighted by molar-refractivity contribution is 7.89. The molecule has 33 heavy (non-hydrogen) atoms. The summed E-state index contributed by atoms with van der Waals surface area (Å²) >= 11 is 1.63. The molecule has 1 unspecified atom stereocenters. The molecule has 0 amide bonds. The molecule has 0 spiro atoms. The van der Waals surface area contributed by atoms with Crippen LogP contribution >= 0.6 is 11.3 Å². The number of benzene rings is 3. The summed E-state index contributed by atoms with van der Waals surface area (Å²) in [5.41, 5.74) is 5.82. The number of aromatic nitrogens is 1. The van der Waals surface area contributed by atoms with Crippen molar-refractivity contribution >= 4 is 32.3 Å². The number of fused-ring (bicyclic) bond motifs is 1. The molecule has 6 heteroatoms. The van der Waals surface area contributed by atoms with Gasteiger partial charge in [-0.1, -0.05) is 71.8 Å². The number of para-hydroxylation sites is 1. The van der Waals surface area contributed by atoms with E-state index in [2.05, 4.69) is 15.8 Å². The Hall–Kier alpha value is -3.19. The molecule has 2 N–H and O–H groups in total. The Kier molecular flexibility index (Phi) is 5.66. The van der Waals surface area contributed by atoms with Crippen LogP contribution in [0.5, 0.6) is 0 Å². The van der Waals surface area contributed by atoms with Gasteiger partial charge in [-0.25, -0.2) is 8.42 Å². The van der Waals surface area contributed by atoms with E-state index in [9.17, 15) is 8.42 Å². The van der Waals surface area contributed by atoms with Gasteiger partial charge in [-0.05, 0) is 49.1 Å². The van der Waals surface area contributed by atoms with Gasteiger partial charge in [-0.3, -0.25) is 0 Å². The zero-order valence-electron chi connectivity index (χ0n) is 18.4. The summed E-state index contributed by atoms with van der Waals surface area (Å²) in [6.07, 6.45) is 0. The Morgan fingerprint density at radius 2 is 1.64 bits per heavy atom. The topological polar surface area (TPSA) is 62.0 Å². The first-order valence-corrected chi connectivity index (χ1v) is 13.1. The average Bonchev–Trinajstić information content (AvgIpc) is 3.46. The SMILES string of the molecule is Cc1ccc(S(=O)(=O)NC(c2cccc(C)c2)c2c(-c3cccs3)[nH]c3ccccc23)cc1. The number of aryl methyl sites for hydroxylation is 2. The standard InChI is InChI=1S/C27H24N2O2S2/c1-18-12-14-21(15-13-18)33(30,31)29-26(20-8-5-7-19(2)17-20)25-22-9-3-4-10-23(22)28-27(25)24-11-6-16-32-24/h3-17,26,28-29H,1-2H3. The normalized spacial score (nSPS) is 12.8. The van der Waals surface area contributed by atoms with E-state index >= 15 is 0 Å². The van der Waals surface area contributed by atoms with Gasteiger partial charge in [-0.15, -0.1) is 11.3 Å². The average molecular weight is 473 g/mol. The Labute approximate surface area is 198 Å². The summed E-state index contributed by atoms with van der Waals surface area (Å²) in [5.74, 6) is 0. The first-order chi connectivity index (χ1) is 15.9. The van der Waals surface area contributed by atoms with E-state index in [4.69, 9.17) is 0 Å². The van der Waals surface area contributed by atoms with Gasteiger partial charge in [0, 0.05) is 16.5 Å². The number of H-pyrrole nitrogens is 1. The van der Waals surface area contributed by atoms with Crippen LogP contribution in [0.3, 0.4) is 0 Å². The zero-order chi connectivity index (χ0) is 23.0. The van der Waals surface area contributed by atoms with Gasteiger partial charge in [0.2, 0.25) is 10.0 Å². The fraction of sp³-hybridized carbons (Fsp3) is 0.111. The summed E-state index contributed by atoms with van der Waals surface area (Å²) < 4.78 is 30.1. The Bertz CT molecular complexity index is 1520. The fourth-order valence-electron chi connectivity index (χ4n) is 4.16. The number of hydrogen-bond acceptors (Lipinski definition) is 3. The lowest BCUT2D eigenvalue weighted by atomic mass is 9.95. The van der Waals surface area contributed by atoms with E-state index in [1.807, 2.05) is 86.0 Å². The molecular formula is C27H24N2O2S2. The largest absolute Gasteiger partial charge is 0.354 e. The van der Waals surface area contributed by atoms with Gasteiger partial charge < -0.3 is 4.98 Å². The van der Waals surface area contributed by atoms with Crippen molar-refractivity contribution in [2.75, 3.05) is 0 Å². The maximum Gasteiger partial charge on any atom is 0.241 e. The third-order valence-electron chi connectivity index (χ3n) is 5.78. The molecule has 0 fully saturated rings. The van der Waals surface area contributed by atoms with Crippen LogP contribution in [0, 0.1) is 13.8 Å². The van der Waals surface area contributed by atoms with Crippen molar-refractivity contribution in [3.05, 3.63) is 113 Å². The first-order valence-electron chi connectivity index (χ1n) is 10.7. The van der Waals surface area contributed by atoms with Crippen molar-refractivity contribution in [2.45, 2.75) is 24.8 Å². The molecule has 0 radical (unpaired) electrons. The van der Waals surface area contributed by atoms with E-state index in [-0.39, 0.29) is 4.90 Å². The molecule has 1 atom stereocenters. The second kappa shape index (κ2) is 8.63. The number of hydrogen-bond donors (Lipinski definition) is 2. The second-order valence-corrected chi connectivity index (χ2v) is 10.9. The number of thiophene rings is 1. The predicted octanol–water partition coefficient (Wildman–Crippen LogP) is 6.58. The Morgan fingerprint density at radius 3 is 2.36 bits per heavy atom. The van der Waals surface area contributed by atoms with Crippen molar-refractivity contribution < 1.29 is 8.42 Å². The van der Waals surface area contributed by atoms with Crippen LogP contribution in [0.1, 0.15) is 28.3 Å². The van der Waals surface area contributed by atoms with E-state index in [0.29, 0.717) is 0 Å². The fourth-order valence-corrected chi connectivity index (χ4v) is 6.10. The maximum atomic E-state index is 13.5. The van der Waals surface area contributed by atoms with Crippen LogP contribution in [-0.4, -0.2) is 13.4 Å².